The maximum absolute atomic E-state index is 11.3. The number of carbonyl (C=O) groups is 1. The number of allylic oxidation sites excluding steroid dienone is 1. The van der Waals surface area contributed by atoms with E-state index in [0.717, 1.165) is 19.3 Å². The standard InChI is InChI=1S/C11H20O2/c1-9(2)7-6-8-11(3,4)10(12)13-5/h1,6-8H2,2-5H3. The normalized spacial score (nSPS) is 11.1. The van der Waals surface area contributed by atoms with Gasteiger partial charge in [0.15, 0.2) is 0 Å². The van der Waals surface area contributed by atoms with E-state index < -0.39 is 0 Å². The summed E-state index contributed by atoms with van der Waals surface area (Å²) in [7, 11) is 1.43. The summed E-state index contributed by atoms with van der Waals surface area (Å²) in [6, 6.07) is 0. The Morgan fingerprint density at radius 1 is 1.46 bits per heavy atom. The van der Waals surface area contributed by atoms with Crippen LogP contribution < -0.4 is 0 Å². The van der Waals surface area contributed by atoms with E-state index in [0.29, 0.717) is 0 Å². The van der Waals surface area contributed by atoms with Crippen LogP contribution in [0, 0.1) is 5.41 Å². The van der Waals surface area contributed by atoms with Gasteiger partial charge in [-0.05, 0) is 40.0 Å². The van der Waals surface area contributed by atoms with Gasteiger partial charge in [0.1, 0.15) is 0 Å². The molecule has 0 unspecified atom stereocenters. The number of ether oxygens (including phenoxy) is 1. The maximum atomic E-state index is 11.3. The van der Waals surface area contributed by atoms with E-state index in [1.54, 1.807) is 0 Å². The molecule has 0 saturated carbocycles. The molecule has 0 aliphatic heterocycles. The van der Waals surface area contributed by atoms with Gasteiger partial charge in [-0.2, -0.15) is 0 Å². The van der Waals surface area contributed by atoms with Crippen molar-refractivity contribution in [1.82, 2.24) is 0 Å². The fourth-order valence-electron chi connectivity index (χ4n) is 1.21. The highest BCUT2D eigenvalue weighted by Crippen LogP contribution is 2.25. The van der Waals surface area contributed by atoms with E-state index in [1.165, 1.54) is 12.7 Å². The molecular formula is C11H20O2. The molecule has 0 aliphatic rings. The molecular weight excluding hydrogens is 164 g/mol. The molecule has 0 amide bonds. The van der Waals surface area contributed by atoms with Crippen LogP contribution in [0.1, 0.15) is 40.0 Å². The molecule has 0 aromatic heterocycles. The molecule has 0 aromatic rings. The SMILES string of the molecule is C=C(C)CCCC(C)(C)C(=O)OC. The van der Waals surface area contributed by atoms with Crippen LogP contribution in [-0.2, 0) is 9.53 Å². The molecule has 2 nitrogen and oxygen atoms in total. The van der Waals surface area contributed by atoms with E-state index in [1.807, 2.05) is 20.8 Å². The Morgan fingerprint density at radius 3 is 2.38 bits per heavy atom. The summed E-state index contributed by atoms with van der Waals surface area (Å²) < 4.78 is 4.71. The number of hydrogen-bond donors (Lipinski definition) is 0. The largest absolute Gasteiger partial charge is 0.469 e. The first-order valence-electron chi connectivity index (χ1n) is 4.63. The minimum absolute atomic E-state index is 0.130. The van der Waals surface area contributed by atoms with Crippen molar-refractivity contribution in [2.45, 2.75) is 40.0 Å². The van der Waals surface area contributed by atoms with Gasteiger partial charge in [0, 0.05) is 0 Å². The molecule has 0 aliphatic carbocycles. The molecule has 13 heavy (non-hydrogen) atoms. The highest BCUT2D eigenvalue weighted by atomic mass is 16.5. The van der Waals surface area contributed by atoms with E-state index in [4.69, 9.17) is 4.74 Å². The van der Waals surface area contributed by atoms with Gasteiger partial charge in [0.05, 0.1) is 12.5 Å². The van der Waals surface area contributed by atoms with Crippen molar-refractivity contribution in [2.24, 2.45) is 5.41 Å². The van der Waals surface area contributed by atoms with Gasteiger partial charge in [-0.3, -0.25) is 4.79 Å². The van der Waals surface area contributed by atoms with Gasteiger partial charge in [0.2, 0.25) is 0 Å². The number of methoxy groups -OCH3 is 1. The third-order valence-corrected chi connectivity index (χ3v) is 2.14. The second-order valence-electron chi connectivity index (χ2n) is 4.19. The van der Waals surface area contributed by atoms with Crippen molar-refractivity contribution in [2.75, 3.05) is 7.11 Å². The van der Waals surface area contributed by atoms with Crippen molar-refractivity contribution >= 4 is 5.97 Å². The Labute approximate surface area is 81.0 Å². The smallest absolute Gasteiger partial charge is 0.311 e. The molecule has 0 aromatic carbocycles. The van der Waals surface area contributed by atoms with E-state index >= 15 is 0 Å². The number of rotatable bonds is 5. The number of hydrogen-bond acceptors (Lipinski definition) is 2. The van der Waals surface area contributed by atoms with Crippen LogP contribution in [0.2, 0.25) is 0 Å². The Balaban J connectivity index is 3.89. The lowest BCUT2D eigenvalue weighted by atomic mass is 9.87. The average molecular weight is 184 g/mol. The van der Waals surface area contributed by atoms with Crippen molar-refractivity contribution in [3.8, 4) is 0 Å². The Hall–Kier alpha value is -0.790. The third-order valence-electron chi connectivity index (χ3n) is 2.14. The van der Waals surface area contributed by atoms with E-state index in [9.17, 15) is 4.79 Å². The monoisotopic (exact) mass is 184 g/mol. The Morgan fingerprint density at radius 2 is 2.00 bits per heavy atom. The lowest BCUT2D eigenvalue weighted by molar-refractivity contribution is -0.151. The van der Waals surface area contributed by atoms with Gasteiger partial charge in [-0.25, -0.2) is 0 Å². The van der Waals surface area contributed by atoms with Crippen molar-refractivity contribution < 1.29 is 9.53 Å². The summed E-state index contributed by atoms with van der Waals surface area (Å²) in [6.07, 6.45) is 2.84. The number of esters is 1. The fraction of sp³-hybridized carbons (Fsp3) is 0.727. The van der Waals surface area contributed by atoms with Crippen LogP contribution in [0.25, 0.3) is 0 Å². The van der Waals surface area contributed by atoms with Crippen LogP contribution in [-0.4, -0.2) is 13.1 Å². The molecule has 0 rings (SSSR count). The van der Waals surface area contributed by atoms with Crippen molar-refractivity contribution in [3.05, 3.63) is 12.2 Å². The summed E-state index contributed by atoms with van der Waals surface area (Å²) in [6.45, 7) is 9.66. The van der Waals surface area contributed by atoms with Crippen LogP contribution in [0.3, 0.4) is 0 Å². The van der Waals surface area contributed by atoms with Crippen LogP contribution in [0.15, 0.2) is 12.2 Å². The fourth-order valence-corrected chi connectivity index (χ4v) is 1.21. The van der Waals surface area contributed by atoms with Crippen molar-refractivity contribution in [3.63, 3.8) is 0 Å². The molecule has 76 valence electrons. The van der Waals surface area contributed by atoms with Crippen LogP contribution in [0.5, 0.6) is 0 Å². The second kappa shape index (κ2) is 5.05. The zero-order chi connectivity index (χ0) is 10.5. The van der Waals surface area contributed by atoms with Crippen molar-refractivity contribution in [1.29, 1.82) is 0 Å². The molecule has 2 heteroatoms. The van der Waals surface area contributed by atoms with E-state index in [-0.39, 0.29) is 11.4 Å². The quantitative estimate of drug-likeness (QED) is 0.485. The third kappa shape index (κ3) is 4.71. The Kier molecular flexibility index (Phi) is 4.74. The number of carbonyl (C=O) groups excluding carboxylic acids is 1. The zero-order valence-corrected chi connectivity index (χ0v) is 9.14. The molecule has 0 saturated heterocycles. The topological polar surface area (TPSA) is 26.3 Å². The second-order valence-corrected chi connectivity index (χ2v) is 4.19. The lowest BCUT2D eigenvalue weighted by Gasteiger charge is -2.20. The predicted molar refractivity (Wildman–Crippen MR) is 54.5 cm³/mol. The average Bonchev–Trinajstić information content (AvgIpc) is 2.01. The van der Waals surface area contributed by atoms with Crippen LogP contribution in [0.4, 0.5) is 0 Å². The summed E-state index contributed by atoms with van der Waals surface area (Å²) in [5.41, 5.74) is 0.810. The lowest BCUT2D eigenvalue weighted by Crippen LogP contribution is -2.25. The van der Waals surface area contributed by atoms with Gasteiger partial charge in [0.25, 0.3) is 0 Å². The van der Waals surface area contributed by atoms with Gasteiger partial charge >= 0.3 is 5.97 Å². The predicted octanol–water partition coefficient (Wildman–Crippen LogP) is 2.93. The summed E-state index contributed by atoms with van der Waals surface area (Å²) >= 11 is 0. The van der Waals surface area contributed by atoms with Crippen LogP contribution >= 0.6 is 0 Å². The Bertz CT molecular complexity index is 192. The first kappa shape index (κ1) is 12.2. The molecule has 0 N–H and O–H groups in total. The highest BCUT2D eigenvalue weighted by molar-refractivity contribution is 5.75. The van der Waals surface area contributed by atoms with Gasteiger partial charge < -0.3 is 4.74 Å². The molecule has 0 heterocycles. The van der Waals surface area contributed by atoms with Gasteiger partial charge in [-0.15, -0.1) is 6.58 Å². The molecule has 0 radical (unpaired) electrons. The van der Waals surface area contributed by atoms with E-state index in [2.05, 4.69) is 6.58 Å². The molecule has 0 fully saturated rings. The highest BCUT2D eigenvalue weighted by Gasteiger charge is 2.27. The summed E-state index contributed by atoms with van der Waals surface area (Å²) in [5.74, 6) is -0.130. The minimum atomic E-state index is -0.357. The summed E-state index contributed by atoms with van der Waals surface area (Å²) in [5, 5.41) is 0. The molecule has 0 atom stereocenters. The maximum Gasteiger partial charge on any atom is 0.311 e. The first-order chi connectivity index (χ1) is 5.90. The minimum Gasteiger partial charge on any atom is -0.469 e. The molecule has 0 bridgehead atoms. The first-order valence-corrected chi connectivity index (χ1v) is 4.63. The molecule has 0 spiro atoms. The zero-order valence-electron chi connectivity index (χ0n) is 9.14. The summed E-state index contributed by atoms with van der Waals surface area (Å²) in [4.78, 5) is 11.3. The van der Waals surface area contributed by atoms with Gasteiger partial charge in [-0.1, -0.05) is 5.57 Å².